The largest absolute Gasteiger partial charge is 0.494 e. The zero-order chi connectivity index (χ0) is 20.5. The lowest BCUT2D eigenvalue weighted by atomic mass is 10.2. The predicted molar refractivity (Wildman–Crippen MR) is 105 cm³/mol. The minimum absolute atomic E-state index is 0.0703. The van der Waals surface area contributed by atoms with E-state index in [0.717, 1.165) is 11.3 Å². The van der Waals surface area contributed by atoms with Crippen LogP contribution in [0.5, 0.6) is 11.5 Å². The molecule has 8 heteroatoms. The monoisotopic (exact) mass is 453 g/mol. The molecule has 150 valence electrons. The fourth-order valence-corrected chi connectivity index (χ4v) is 2.58. The van der Waals surface area contributed by atoms with Gasteiger partial charge in [-0.15, -0.1) is 0 Å². The van der Waals surface area contributed by atoms with Crippen LogP contribution in [0.25, 0.3) is 0 Å². The van der Waals surface area contributed by atoms with Crippen molar-refractivity contribution in [1.82, 2.24) is 4.90 Å². The number of halogens is 2. The first kappa shape index (κ1) is 21.7. The fourth-order valence-electron chi connectivity index (χ4n) is 2.24. The number of likely N-dealkylation sites (N-methyl/N-ethyl adjacent to an activating group) is 1. The molecule has 0 heterocycles. The first-order valence-electron chi connectivity index (χ1n) is 8.58. The van der Waals surface area contributed by atoms with Gasteiger partial charge in [0.05, 0.1) is 6.61 Å². The van der Waals surface area contributed by atoms with E-state index in [1.807, 2.05) is 31.2 Å². The molecular formula is C20H21BrFNO5. The van der Waals surface area contributed by atoms with Gasteiger partial charge in [-0.3, -0.25) is 4.79 Å². The third-order valence-electron chi connectivity index (χ3n) is 3.68. The van der Waals surface area contributed by atoms with Crippen LogP contribution in [0.3, 0.4) is 0 Å². The number of carbonyl (C=O) groups is 2. The summed E-state index contributed by atoms with van der Waals surface area (Å²) in [4.78, 5) is 25.3. The van der Waals surface area contributed by atoms with Crippen LogP contribution in [0.4, 0.5) is 4.39 Å². The minimum atomic E-state index is -0.759. The molecule has 6 nitrogen and oxygen atoms in total. The summed E-state index contributed by atoms with van der Waals surface area (Å²) in [6.45, 7) is 1.94. The van der Waals surface area contributed by atoms with Crippen LogP contribution in [-0.4, -0.2) is 43.6 Å². The molecule has 0 aliphatic rings. The molecule has 0 saturated carbocycles. The van der Waals surface area contributed by atoms with Crippen LogP contribution in [0.15, 0.2) is 46.9 Å². The molecular weight excluding hydrogens is 433 g/mol. The normalized spacial score (nSPS) is 10.3. The van der Waals surface area contributed by atoms with E-state index in [9.17, 15) is 14.0 Å². The molecule has 0 bridgehead atoms. The van der Waals surface area contributed by atoms with E-state index in [4.69, 9.17) is 14.2 Å². The van der Waals surface area contributed by atoms with Crippen LogP contribution in [0, 0.1) is 5.82 Å². The van der Waals surface area contributed by atoms with Crippen LogP contribution < -0.4 is 9.47 Å². The van der Waals surface area contributed by atoms with Gasteiger partial charge in [-0.1, -0.05) is 28.1 Å². The molecule has 28 heavy (non-hydrogen) atoms. The van der Waals surface area contributed by atoms with E-state index in [1.54, 1.807) is 13.1 Å². The van der Waals surface area contributed by atoms with E-state index in [0.29, 0.717) is 17.6 Å². The molecule has 0 spiro atoms. The van der Waals surface area contributed by atoms with Gasteiger partial charge in [-0.25, -0.2) is 9.18 Å². The lowest BCUT2D eigenvalue weighted by Crippen LogP contribution is -2.31. The number of carbonyl (C=O) groups excluding carboxylic acids is 2. The number of benzene rings is 2. The van der Waals surface area contributed by atoms with Gasteiger partial charge < -0.3 is 19.1 Å². The van der Waals surface area contributed by atoms with Crippen molar-refractivity contribution in [2.75, 3.05) is 26.9 Å². The highest BCUT2D eigenvalue weighted by Crippen LogP contribution is 2.21. The van der Waals surface area contributed by atoms with Gasteiger partial charge in [0.1, 0.15) is 5.75 Å². The Morgan fingerprint density at radius 3 is 2.43 bits per heavy atom. The topological polar surface area (TPSA) is 65.1 Å². The molecule has 0 saturated heterocycles. The smallest absolute Gasteiger partial charge is 0.344 e. The zero-order valence-electron chi connectivity index (χ0n) is 15.6. The summed E-state index contributed by atoms with van der Waals surface area (Å²) in [5.41, 5.74) is 0.916. The van der Waals surface area contributed by atoms with Gasteiger partial charge in [0, 0.05) is 18.1 Å². The van der Waals surface area contributed by atoms with E-state index in [2.05, 4.69) is 15.9 Å². The fraction of sp³-hybridized carbons (Fsp3) is 0.300. The molecule has 2 aromatic rings. The second-order valence-electron chi connectivity index (χ2n) is 5.85. The summed E-state index contributed by atoms with van der Waals surface area (Å²) in [5, 5.41) is 0. The van der Waals surface area contributed by atoms with Crippen molar-refractivity contribution in [3.05, 3.63) is 58.3 Å². The Hall–Kier alpha value is -2.61. The number of rotatable bonds is 9. The molecule has 2 aromatic carbocycles. The van der Waals surface area contributed by atoms with Gasteiger partial charge in [-0.2, -0.15) is 0 Å². The quantitative estimate of drug-likeness (QED) is 0.543. The molecule has 2 rings (SSSR count). The molecule has 0 radical (unpaired) electrons. The standard InChI is InChI=1S/C20H21BrFNO5/c1-3-26-16-7-4-14(5-8-16)11-23(2)19(24)12-28-20(25)13-27-18-9-6-15(21)10-17(18)22/h4-10H,3,11-13H2,1-2H3. The number of hydrogen-bond acceptors (Lipinski definition) is 5. The lowest BCUT2D eigenvalue weighted by molar-refractivity contribution is -0.153. The van der Waals surface area contributed by atoms with Crippen molar-refractivity contribution in [3.63, 3.8) is 0 Å². The average molecular weight is 454 g/mol. The third-order valence-corrected chi connectivity index (χ3v) is 4.17. The molecule has 1 amide bonds. The highest BCUT2D eigenvalue weighted by atomic mass is 79.9. The van der Waals surface area contributed by atoms with Gasteiger partial charge in [0.15, 0.2) is 24.8 Å². The Labute approximate surface area is 171 Å². The summed E-state index contributed by atoms with van der Waals surface area (Å²) in [6.07, 6.45) is 0. The number of esters is 1. The van der Waals surface area contributed by atoms with Gasteiger partial charge >= 0.3 is 5.97 Å². The van der Waals surface area contributed by atoms with Gasteiger partial charge in [0.2, 0.25) is 0 Å². The van der Waals surface area contributed by atoms with Crippen LogP contribution in [0.2, 0.25) is 0 Å². The Morgan fingerprint density at radius 1 is 1.07 bits per heavy atom. The first-order chi connectivity index (χ1) is 13.4. The number of nitrogens with zero attached hydrogens (tertiary/aromatic N) is 1. The Bertz CT molecular complexity index is 813. The van der Waals surface area contributed by atoms with Crippen molar-refractivity contribution in [1.29, 1.82) is 0 Å². The van der Waals surface area contributed by atoms with Gasteiger partial charge in [0.25, 0.3) is 5.91 Å². The lowest BCUT2D eigenvalue weighted by Gasteiger charge is -2.17. The highest BCUT2D eigenvalue weighted by Gasteiger charge is 2.14. The summed E-state index contributed by atoms with van der Waals surface area (Å²) >= 11 is 3.13. The molecule has 0 aromatic heterocycles. The molecule has 0 atom stereocenters. The second kappa shape index (κ2) is 10.7. The van der Waals surface area contributed by atoms with Crippen LogP contribution in [-0.2, 0) is 20.9 Å². The Morgan fingerprint density at radius 2 is 1.79 bits per heavy atom. The summed E-state index contributed by atoms with van der Waals surface area (Å²) in [6, 6.07) is 11.6. The highest BCUT2D eigenvalue weighted by molar-refractivity contribution is 9.10. The van der Waals surface area contributed by atoms with Gasteiger partial charge in [-0.05, 0) is 42.8 Å². The van der Waals surface area contributed by atoms with E-state index in [-0.39, 0.29) is 11.7 Å². The zero-order valence-corrected chi connectivity index (χ0v) is 17.2. The summed E-state index contributed by atoms with van der Waals surface area (Å²) < 4.78 is 29.5. The van der Waals surface area contributed by atoms with E-state index >= 15 is 0 Å². The van der Waals surface area contributed by atoms with Crippen molar-refractivity contribution >= 4 is 27.8 Å². The SMILES string of the molecule is CCOc1ccc(CN(C)C(=O)COC(=O)COc2ccc(Br)cc2F)cc1. The molecule has 0 aliphatic carbocycles. The maximum atomic E-state index is 13.6. The Kier molecular flexibility index (Phi) is 8.25. The number of hydrogen-bond donors (Lipinski definition) is 0. The maximum absolute atomic E-state index is 13.6. The van der Waals surface area contributed by atoms with Crippen molar-refractivity contribution in [2.45, 2.75) is 13.5 Å². The molecule has 0 aliphatic heterocycles. The first-order valence-corrected chi connectivity index (χ1v) is 9.37. The molecule has 0 unspecified atom stereocenters. The molecule has 0 N–H and O–H groups in total. The van der Waals surface area contributed by atoms with E-state index < -0.39 is 25.0 Å². The third kappa shape index (κ3) is 6.84. The van der Waals surface area contributed by atoms with Crippen molar-refractivity contribution in [2.24, 2.45) is 0 Å². The maximum Gasteiger partial charge on any atom is 0.344 e. The second-order valence-corrected chi connectivity index (χ2v) is 6.77. The average Bonchev–Trinajstić information content (AvgIpc) is 2.67. The predicted octanol–water partition coefficient (Wildman–Crippen LogP) is 3.57. The summed E-state index contributed by atoms with van der Waals surface area (Å²) in [5.74, 6) is -1.04. The number of amides is 1. The number of ether oxygens (including phenoxy) is 3. The van der Waals surface area contributed by atoms with Crippen LogP contribution in [0.1, 0.15) is 12.5 Å². The molecule has 0 fully saturated rings. The Balaban J connectivity index is 1.74. The van der Waals surface area contributed by atoms with Crippen molar-refractivity contribution < 1.29 is 28.2 Å². The van der Waals surface area contributed by atoms with Crippen LogP contribution >= 0.6 is 15.9 Å². The summed E-state index contributed by atoms with van der Waals surface area (Å²) in [7, 11) is 1.61. The van der Waals surface area contributed by atoms with Crippen molar-refractivity contribution in [3.8, 4) is 11.5 Å². The van der Waals surface area contributed by atoms with E-state index in [1.165, 1.54) is 17.0 Å². The minimum Gasteiger partial charge on any atom is -0.494 e.